The average molecular weight is 212 g/mol. The molecule has 0 radical (unpaired) electrons. The third-order valence-corrected chi connectivity index (χ3v) is 3.34. The highest BCUT2D eigenvalue weighted by Crippen LogP contribution is 2.40. The van der Waals surface area contributed by atoms with Gasteiger partial charge in [0.25, 0.3) is 0 Å². The highest BCUT2D eigenvalue weighted by atomic mass is 35.5. The maximum Gasteiger partial charge on any atom is 0.350 e. The van der Waals surface area contributed by atoms with E-state index in [9.17, 15) is 4.79 Å². The van der Waals surface area contributed by atoms with E-state index >= 15 is 0 Å². The third-order valence-electron chi connectivity index (χ3n) is 3.14. The minimum atomic E-state index is -0.247. The molecule has 3 rings (SSSR count). The molecule has 2 heterocycles. The molecule has 1 fully saturated rings. The maximum absolute atomic E-state index is 11.5. The van der Waals surface area contributed by atoms with Crippen LogP contribution in [0.3, 0.4) is 0 Å². The normalized spacial score (nSPS) is 21.5. The van der Waals surface area contributed by atoms with Gasteiger partial charge in [-0.25, -0.2) is 4.79 Å². The first-order valence-electron chi connectivity index (χ1n) is 4.74. The second-order valence-electron chi connectivity index (χ2n) is 4.09. The molecule has 14 heavy (non-hydrogen) atoms. The largest absolute Gasteiger partial charge is 0.364 e. The summed E-state index contributed by atoms with van der Waals surface area (Å²) >= 11 is 5.72. The molecule has 5 heteroatoms. The van der Waals surface area contributed by atoms with Gasteiger partial charge < -0.3 is 5.32 Å². The van der Waals surface area contributed by atoms with Gasteiger partial charge in [0, 0.05) is 6.07 Å². The lowest BCUT2D eigenvalue weighted by atomic mass is 9.77. The lowest BCUT2D eigenvalue weighted by Crippen LogP contribution is -2.44. The van der Waals surface area contributed by atoms with Crippen molar-refractivity contribution in [3.8, 4) is 0 Å². The number of fused-ring (bicyclic) bond motifs is 1. The molecular formula is C9H10ClN3O. The summed E-state index contributed by atoms with van der Waals surface area (Å²) in [5, 5.41) is 3.64. The molecule has 2 aliphatic rings. The van der Waals surface area contributed by atoms with Crippen molar-refractivity contribution in [1.82, 2.24) is 9.55 Å². The SMILES string of the molecule is O=c1nc(Cl)cc2n1CC1(CCC1)N2. The van der Waals surface area contributed by atoms with E-state index in [-0.39, 0.29) is 16.4 Å². The van der Waals surface area contributed by atoms with Crippen LogP contribution in [-0.2, 0) is 6.54 Å². The Morgan fingerprint density at radius 1 is 1.57 bits per heavy atom. The maximum atomic E-state index is 11.5. The predicted octanol–water partition coefficient (Wildman–Crippen LogP) is 1.24. The topological polar surface area (TPSA) is 46.9 Å². The number of halogens is 1. The van der Waals surface area contributed by atoms with Gasteiger partial charge in [0.05, 0.1) is 12.1 Å². The van der Waals surface area contributed by atoms with Crippen molar-refractivity contribution >= 4 is 17.4 Å². The minimum Gasteiger partial charge on any atom is -0.364 e. The van der Waals surface area contributed by atoms with Crippen molar-refractivity contribution in [2.75, 3.05) is 5.32 Å². The van der Waals surface area contributed by atoms with Gasteiger partial charge in [-0.05, 0) is 19.3 Å². The Hall–Kier alpha value is -1.03. The molecule has 1 aliphatic heterocycles. The lowest BCUT2D eigenvalue weighted by Gasteiger charge is -2.37. The Balaban J connectivity index is 2.09. The smallest absolute Gasteiger partial charge is 0.350 e. The first-order chi connectivity index (χ1) is 6.69. The Morgan fingerprint density at radius 3 is 3.00 bits per heavy atom. The minimum absolute atomic E-state index is 0.124. The van der Waals surface area contributed by atoms with E-state index in [0.717, 1.165) is 25.2 Å². The van der Waals surface area contributed by atoms with Crippen LogP contribution < -0.4 is 11.0 Å². The predicted molar refractivity (Wildman–Crippen MR) is 53.7 cm³/mol. The van der Waals surface area contributed by atoms with E-state index in [4.69, 9.17) is 11.6 Å². The van der Waals surface area contributed by atoms with Gasteiger partial charge in [-0.3, -0.25) is 4.57 Å². The molecule has 0 bridgehead atoms. The van der Waals surface area contributed by atoms with E-state index in [2.05, 4.69) is 10.3 Å². The average Bonchev–Trinajstić information content (AvgIpc) is 2.42. The molecule has 0 aromatic carbocycles. The second kappa shape index (κ2) is 2.51. The number of nitrogens with zero attached hydrogens (tertiary/aromatic N) is 2. The molecule has 0 saturated heterocycles. The number of hydrogen-bond acceptors (Lipinski definition) is 3. The first-order valence-corrected chi connectivity index (χ1v) is 5.12. The fourth-order valence-corrected chi connectivity index (χ4v) is 2.41. The van der Waals surface area contributed by atoms with Crippen molar-refractivity contribution in [3.63, 3.8) is 0 Å². The van der Waals surface area contributed by atoms with E-state index in [0.29, 0.717) is 0 Å². The van der Waals surface area contributed by atoms with Crippen LogP contribution in [0.5, 0.6) is 0 Å². The molecule has 1 aromatic rings. The summed E-state index contributed by atoms with van der Waals surface area (Å²) in [7, 11) is 0. The summed E-state index contributed by atoms with van der Waals surface area (Å²) in [5.74, 6) is 0.815. The van der Waals surface area contributed by atoms with Crippen LogP contribution in [0.25, 0.3) is 0 Å². The Bertz CT molecular complexity index is 450. The van der Waals surface area contributed by atoms with Crippen LogP contribution in [-0.4, -0.2) is 15.1 Å². The summed E-state index contributed by atoms with van der Waals surface area (Å²) in [6.07, 6.45) is 3.49. The van der Waals surface area contributed by atoms with Crippen LogP contribution in [0.2, 0.25) is 5.15 Å². The fourth-order valence-electron chi connectivity index (χ4n) is 2.23. The van der Waals surface area contributed by atoms with Gasteiger partial charge in [0.1, 0.15) is 11.0 Å². The van der Waals surface area contributed by atoms with Crippen LogP contribution in [0.4, 0.5) is 5.82 Å². The van der Waals surface area contributed by atoms with Crippen LogP contribution in [0.1, 0.15) is 19.3 Å². The zero-order valence-electron chi connectivity index (χ0n) is 7.59. The van der Waals surface area contributed by atoms with Crippen LogP contribution in [0, 0.1) is 0 Å². The van der Waals surface area contributed by atoms with Crippen molar-refractivity contribution < 1.29 is 0 Å². The van der Waals surface area contributed by atoms with Crippen molar-refractivity contribution in [2.24, 2.45) is 0 Å². The van der Waals surface area contributed by atoms with Gasteiger partial charge in [0.2, 0.25) is 0 Å². The van der Waals surface area contributed by atoms with Crippen molar-refractivity contribution in [1.29, 1.82) is 0 Å². The molecule has 1 saturated carbocycles. The zero-order chi connectivity index (χ0) is 9.76. The van der Waals surface area contributed by atoms with Gasteiger partial charge in [-0.1, -0.05) is 11.6 Å². The summed E-state index contributed by atoms with van der Waals surface area (Å²) in [6, 6.07) is 1.72. The summed E-state index contributed by atoms with van der Waals surface area (Å²) in [4.78, 5) is 15.2. The number of hydrogen-bond donors (Lipinski definition) is 1. The molecule has 1 aliphatic carbocycles. The van der Waals surface area contributed by atoms with E-state index in [1.165, 1.54) is 6.42 Å². The Labute approximate surface area is 85.9 Å². The number of rotatable bonds is 0. The highest BCUT2D eigenvalue weighted by molar-refractivity contribution is 6.29. The van der Waals surface area contributed by atoms with Crippen molar-refractivity contribution in [2.45, 2.75) is 31.3 Å². The number of anilines is 1. The molecule has 0 unspecified atom stereocenters. The molecule has 1 spiro atoms. The monoisotopic (exact) mass is 211 g/mol. The molecule has 1 N–H and O–H groups in total. The number of nitrogens with one attached hydrogen (secondary N) is 1. The van der Waals surface area contributed by atoms with Gasteiger partial charge >= 0.3 is 5.69 Å². The highest BCUT2D eigenvalue weighted by Gasteiger charge is 2.42. The summed E-state index contributed by atoms with van der Waals surface area (Å²) in [5.41, 5.74) is -0.123. The van der Waals surface area contributed by atoms with Crippen LogP contribution >= 0.6 is 11.6 Å². The van der Waals surface area contributed by atoms with E-state index < -0.39 is 0 Å². The number of aromatic nitrogens is 2. The van der Waals surface area contributed by atoms with Crippen LogP contribution in [0.15, 0.2) is 10.9 Å². The first kappa shape index (κ1) is 8.29. The summed E-state index contributed by atoms with van der Waals surface area (Å²) in [6.45, 7) is 0.741. The lowest BCUT2D eigenvalue weighted by molar-refractivity contribution is 0.264. The quantitative estimate of drug-likeness (QED) is 0.657. The zero-order valence-corrected chi connectivity index (χ0v) is 8.34. The summed E-state index contributed by atoms with van der Waals surface area (Å²) < 4.78 is 1.67. The molecule has 4 nitrogen and oxygen atoms in total. The van der Waals surface area contributed by atoms with Gasteiger partial charge in [0.15, 0.2) is 0 Å². The van der Waals surface area contributed by atoms with E-state index in [1.54, 1.807) is 10.6 Å². The van der Waals surface area contributed by atoms with Gasteiger partial charge in [-0.2, -0.15) is 4.98 Å². The third kappa shape index (κ3) is 1.00. The molecule has 0 atom stereocenters. The molecule has 74 valence electrons. The Morgan fingerprint density at radius 2 is 2.36 bits per heavy atom. The second-order valence-corrected chi connectivity index (χ2v) is 4.48. The fraction of sp³-hybridized carbons (Fsp3) is 0.556. The van der Waals surface area contributed by atoms with E-state index in [1.807, 2.05) is 0 Å². The molecule has 0 amide bonds. The molecule has 1 aromatic heterocycles. The molecular weight excluding hydrogens is 202 g/mol. The standard InChI is InChI=1S/C9H10ClN3O/c10-6-4-7-12-9(2-1-3-9)5-13(7)8(14)11-6/h4,12H,1-3,5H2. The Kier molecular flexibility index (Phi) is 1.49. The van der Waals surface area contributed by atoms with Gasteiger partial charge in [-0.15, -0.1) is 0 Å². The van der Waals surface area contributed by atoms with Crippen molar-refractivity contribution in [3.05, 3.63) is 21.7 Å².